The Balaban J connectivity index is 2.01. The Morgan fingerprint density at radius 2 is 2.23 bits per heavy atom. The fourth-order valence-electron chi connectivity index (χ4n) is 1.21. The minimum Gasteiger partial charge on any atom is -0.384 e. The number of hydrogen-bond donors (Lipinski definition) is 1. The Labute approximate surface area is 91.6 Å². The summed E-state index contributed by atoms with van der Waals surface area (Å²) in [6.07, 6.45) is 2.75. The molecule has 0 aromatic heterocycles. The first-order valence-corrected chi connectivity index (χ1v) is 5.62. The summed E-state index contributed by atoms with van der Waals surface area (Å²) in [5.74, 6) is 0.891. The number of benzene rings is 1. The molecular weight excluding hydrogens is 249 g/mol. The van der Waals surface area contributed by atoms with Crippen molar-refractivity contribution in [2.75, 3.05) is 11.9 Å². The summed E-state index contributed by atoms with van der Waals surface area (Å²) in [5.41, 5.74) is 1.14. The number of rotatable bonds is 3. The smallest absolute Gasteiger partial charge is 0.0485 e. The van der Waals surface area contributed by atoms with Gasteiger partial charge in [-0.1, -0.05) is 11.6 Å². The van der Waals surface area contributed by atoms with Crippen molar-refractivity contribution in [3.8, 4) is 0 Å². The van der Waals surface area contributed by atoms with Gasteiger partial charge in [-0.2, -0.15) is 0 Å². The Bertz CT molecular complexity index is 310. The van der Waals surface area contributed by atoms with Gasteiger partial charge in [0.05, 0.1) is 0 Å². The molecule has 0 atom stereocenters. The fourth-order valence-corrected chi connectivity index (χ4v) is 2.03. The maximum atomic E-state index is 5.83. The van der Waals surface area contributed by atoms with Crippen LogP contribution in [0.25, 0.3) is 0 Å². The van der Waals surface area contributed by atoms with Crippen LogP contribution in [-0.2, 0) is 0 Å². The molecule has 0 heterocycles. The standard InChI is InChI=1S/C10H11BrClN/c11-9-5-8(12)3-4-10(9)13-6-7-1-2-7/h3-5,7,13H,1-2,6H2. The molecule has 1 N–H and O–H groups in total. The van der Waals surface area contributed by atoms with Gasteiger partial charge in [0.2, 0.25) is 0 Å². The van der Waals surface area contributed by atoms with Crippen molar-refractivity contribution in [2.45, 2.75) is 12.8 Å². The van der Waals surface area contributed by atoms with E-state index in [1.54, 1.807) is 0 Å². The van der Waals surface area contributed by atoms with Gasteiger partial charge >= 0.3 is 0 Å². The molecule has 3 heteroatoms. The van der Waals surface area contributed by atoms with Gasteiger partial charge < -0.3 is 5.32 Å². The molecule has 1 nitrogen and oxygen atoms in total. The SMILES string of the molecule is Clc1ccc(NCC2CC2)c(Br)c1. The van der Waals surface area contributed by atoms with Crippen molar-refractivity contribution < 1.29 is 0 Å². The van der Waals surface area contributed by atoms with Crippen LogP contribution in [0.1, 0.15) is 12.8 Å². The molecule has 0 saturated heterocycles. The predicted octanol–water partition coefficient (Wildman–Crippen LogP) is 3.92. The van der Waals surface area contributed by atoms with Crippen molar-refractivity contribution in [2.24, 2.45) is 5.92 Å². The van der Waals surface area contributed by atoms with Gasteiger partial charge in [0.15, 0.2) is 0 Å². The quantitative estimate of drug-likeness (QED) is 0.868. The van der Waals surface area contributed by atoms with Crippen molar-refractivity contribution >= 4 is 33.2 Å². The second kappa shape index (κ2) is 3.89. The fraction of sp³-hybridized carbons (Fsp3) is 0.400. The van der Waals surface area contributed by atoms with E-state index in [0.29, 0.717) is 0 Å². The summed E-state index contributed by atoms with van der Waals surface area (Å²) in [5, 5.41) is 4.16. The van der Waals surface area contributed by atoms with E-state index in [1.165, 1.54) is 12.8 Å². The second-order valence-electron chi connectivity index (χ2n) is 3.45. The van der Waals surface area contributed by atoms with Crippen LogP contribution in [0.5, 0.6) is 0 Å². The lowest BCUT2D eigenvalue weighted by molar-refractivity contribution is 0.888. The molecule has 0 unspecified atom stereocenters. The minimum atomic E-state index is 0.767. The maximum absolute atomic E-state index is 5.83. The zero-order valence-electron chi connectivity index (χ0n) is 7.19. The van der Waals surface area contributed by atoms with Gasteiger partial charge in [-0.15, -0.1) is 0 Å². The molecule has 0 amide bonds. The van der Waals surface area contributed by atoms with E-state index in [9.17, 15) is 0 Å². The summed E-state index contributed by atoms with van der Waals surface area (Å²) in [7, 11) is 0. The average Bonchev–Trinajstić information content (AvgIpc) is 2.86. The first-order chi connectivity index (χ1) is 6.25. The van der Waals surface area contributed by atoms with Crippen molar-refractivity contribution in [3.63, 3.8) is 0 Å². The highest BCUT2D eigenvalue weighted by molar-refractivity contribution is 9.10. The molecule has 0 radical (unpaired) electrons. The van der Waals surface area contributed by atoms with Crippen LogP contribution in [0.4, 0.5) is 5.69 Å². The van der Waals surface area contributed by atoms with Crippen molar-refractivity contribution in [1.82, 2.24) is 0 Å². The van der Waals surface area contributed by atoms with Gasteiger partial charge in [-0.05, 0) is 52.9 Å². The summed E-state index contributed by atoms with van der Waals surface area (Å²) in [6, 6.07) is 5.83. The first-order valence-electron chi connectivity index (χ1n) is 4.44. The topological polar surface area (TPSA) is 12.0 Å². The van der Waals surface area contributed by atoms with E-state index in [1.807, 2.05) is 18.2 Å². The van der Waals surface area contributed by atoms with Crippen LogP contribution in [0.2, 0.25) is 5.02 Å². The molecule has 13 heavy (non-hydrogen) atoms. The molecule has 1 aliphatic rings. The largest absolute Gasteiger partial charge is 0.384 e. The van der Waals surface area contributed by atoms with Gasteiger partial charge in [0.25, 0.3) is 0 Å². The lowest BCUT2D eigenvalue weighted by Crippen LogP contribution is -2.03. The van der Waals surface area contributed by atoms with E-state index in [-0.39, 0.29) is 0 Å². The number of halogens is 2. The monoisotopic (exact) mass is 259 g/mol. The normalized spacial score (nSPS) is 15.8. The molecule has 0 aliphatic heterocycles. The second-order valence-corrected chi connectivity index (χ2v) is 4.74. The lowest BCUT2D eigenvalue weighted by atomic mass is 10.3. The van der Waals surface area contributed by atoms with Gasteiger partial charge in [0, 0.05) is 21.7 Å². The third-order valence-corrected chi connectivity index (χ3v) is 3.10. The van der Waals surface area contributed by atoms with E-state index in [0.717, 1.165) is 27.6 Å². The van der Waals surface area contributed by atoms with Crippen LogP contribution in [0, 0.1) is 5.92 Å². The molecule has 1 fully saturated rings. The molecule has 1 aliphatic carbocycles. The maximum Gasteiger partial charge on any atom is 0.0485 e. The predicted molar refractivity (Wildman–Crippen MR) is 60.4 cm³/mol. The summed E-state index contributed by atoms with van der Waals surface area (Å²) in [6.45, 7) is 1.08. The first kappa shape index (κ1) is 9.35. The Morgan fingerprint density at radius 3 is 2.85 bits per heavy atom. The third kappa shape index (κ3) is 2.61. The van der Waals surface area contributed by atoms with Crippen LogP contribution in [0.3, 0.4) is 0 Å². The Kier molecular flexibility index (Phi) is 2.80. The minimum absolute atomic E-state index is 0.767. The van der Waals surface area contributed by atoms with Gasteiger partial charge in [0.1, 0.15) is 0 Å². The van der Waals surface area contributed by atoms with E-state index in [2.05, 4.69) is 21.2 Å². The average molecular weight is 261 g/mol. The number of nitrogens with one attached hydrogen (secondary N) is 1. The summed E-state index contributed by atoms with van der Waals surface area (Å²) in [4.78, 5) is 0. The van der Waals surface area contributed by atoms with E-state index < -0.39 is 0 Å². The molecule has 1 aromatic rings. The molecule has 70 valence electrons. The van der Waals surface area contributed by atoms with Crippen LogP contribution < -0.4 is 5.32 Å². The molecule has 2 rings (SSSR count). The third-order valence-electron chi connectivity index (χ3n) is 2.21. The molecule has 1 saturated carbocycles. The van der Waals surface area contributed by atoms with Crippen LogP contribution in [-0.4, -0.2) is 6.54 Å². The van der Waals surface area contributed by atoms with Crippen LogP contribution >= 0.6 is 27.5 Å². The van der Waals surface area contributed by atoms with Crippen molar-refractivity contribution in [1.29, 1.82) is 0 Å². The Morgan fingerprint density at radius 1 is 1.46 bits per heavy atom. The summed E-state index contributed by atoms with van der Waals surface area (Å²) >= 11 is 9.30. The van der Waals surface area contributed by atoms with Gasteiger partial charge in [-0.25, -0.2) is 0 Å². The number of hydrogen-bond acceptors (Lipinski definition) is 1. The molecule has 1 aromatic carbocycles. The summed E-state index contributed by atoms with van der Waals surface area (Å²) < 4.78 is 1.04. The van der Waals surface area contributed by atoms with Gasteiger partial charge in [-0.3, -0.25) is 0 Å². The van der Waals surface area contributed by atoms with E-state index >= 15 is 0 Å². The lowest BCUT2D eigenvalue weighted by Gasteiger charge is -2.07. The molecule has 0 bridgehead atoms. The van der Waals surface area contributed by atoms with Crippen LogP contribution in [0.15, 0.2) is 22.7 Å². The van der Waals surface area contributed by atoms with Crippen molar-refractivity contribution in [3.05, 3.63) is 27.7 Å². The number of anilines is 1. The molecule has 0 spiro atoms. The Hall–Kier alpha value is -0.210. The highest BCUT2D eigenvalue weighted by Crippen LogP contribution is 2.31. The highest BCUT2D eigenvalue weighted by Gasteiger charge is 2.20. The highest BCUT2D eigenvalue weighted by atomic mass is 79.9. The molecular formula is C10H11BrClN. The van der Waals surface area contributed by atoms with E-state index in [4.69, 9.17) is 11.6 Å². The zero-order valence-corrected chi connectivity index (χ0v) is 9.53. The zero-order chi connectivity index (χ0) is 9.26.